The fourth-order valence-electron chi connectivity index (χ4n) is 0.816. The van der Waals surface area contributed by atoms with Gasteiger partial charge < -0.3 is 15.5 Å². The summed E-state index contributed by atoms with van der Waals surface area (Å²) >= 11 is 5.60. The van der Waals surface area contributed by atoms with E-state index in [2.05, 4.69) is 5.32 Å². The molecule has 0 aliphatic rings. The molecule has 0 aromatic carbocycles. The summed E-state index contributed by atoms with van der Waals surface area (Å²) in [4.78, 5) is 11.4. The first kappa shape index (κ1) is 10.1. The van der Waals surface area contributed by atoms with Crippen molar-refractivity contribution >= 4 is 17.5 Å². The van der Waals surface area contributed by atoms with Crippen LogP contribution in [0.25, 0.3) is 0 Å². The van der Waals surface area contributed by atoms with Gasteiger partial charge in [0.15, 0.2) is 0 Å². The number of hydrogen-bond donors (Lipinski definition) is 2. The predicted octanol–water partition coefficient (Wildman–Crippen LogP) is 1.01. The van der Waals surface area contributed by atoms with Gasteiger partial charge in [-0.1, -0.05) is 0 Å². The van der Waals surface area contributed by atoms with Crippen LogP contribution in [0.4, 0.5) is 0 Å². The van der Waals surface area contributed by atoms with Crippen molar-refractivity contribution in [2.45, 2.75) is 13.0 Å². The molecule has 0 aliphatic heterocycles. The lowest BCUT2D eigenvalue weighted by atomic mass is 10.3. The van der Waals surface area contributed by atoms with Gasteiger partial charge in [0, 0.05) is 12.6 Å². The highest BCUT2D eigenvalue weighted by Gasteiger charge is 2.13. The molecule has 1 heterocycles. The lowest BCUT2D eigenvalue weighted by Crippen LogP contribution is -2.37. The van der Waals surface area contributed by atoms with Gasteiger partial charge in [-0.05, 0) is 24.6 Å². The zero-order valence-electron chi connectivity index (χ0n) is 7.21. The van der Waals surface area contributed by atoms with Crippen LogP contribution in [0.2, 0.25) is 5.22 Å². The number of furan rings is 1. The molecule has 72 valence electrons. The van der Waals surface area contributed by atoms with Crippen LogP contribution in [0.1, 0.15) is 17.3 Å². The highest BCUT2D eigenvalue weighted by atomic mass is 35.5. The maximum atomic E-state index is 11.4. The first-order valence-electron chi connectivity index (χ1n) is 3.89. The van der Waals surface area contributed by atoms with Crippen molar-refractivity contribution in [2.75, 3.05) is 6.54 Å². The molecular weight excluding hydrogens is 192 g/mol. The Morgan fingerprint density at radius 3 is 3.00 bits per heavy atom. The van der Waals surface area contributed by atoms with E-state index in [1.54, 1.807) is 0 Å². The van der Waals surface area contributed by atoms with Crippen molar-refractivity contribution in [2.24, 2.45) is 5.73 Å². The van der Waals surface area contributed by atoms with Crippen LogP contribution < -0.4 is 11.1 Å². The molecule has 1 aromatic rings. The molecule has 0 saturated heterocycles. The van der Waals surface area contributed by atoms with E-state index in [-0.39, 0.29) is 17.2 Å². The van der Waals surface area contributed by atoms with E-state index in [0.29, 0.717) is 12.1 Å². The number of nitrogens with one attached hydrogen (secondary N) is 1. The summed E-state index contributed by atoms with van der Waals surface area (Å²) in [6.45, 7) is 2.20. The number of amides is 1. The zero-order valence-corrected chi connectivity index (χ0v) is 7.97. The third-order valence-corrected chi connectivity index (χ3v) is 1.89. The SMILES string of the molecule is C[C@H](CN)NC(=O)c1ccoc1Cl. The molecule has 0 radical (unpaired) electrons. The van der Waals surface area contributed by atoms with Crippen molar-refractivity contribution in [3.05, 3.63) is 23.1 Å². The van der Waals surface area contributed by atoms with Crippen LogP contribution in [-0.2, 0) is 0 Å². The van der Waals surface area contributed by atoms with Gasteiger partial charge in [0.25, 0.3) is 5.91 Å². The van der Waals surface area contributed by atoms with E-state index in [9.17, 15) is 4.79 Å². The van der Waals surface area contributed by atoms with Gasteiger partial charge in [0.1, 0.15) is 0 Å². The molecule has 0 saturated carbocycles. The molecule has 1 amide bonds. The molecule has 5 heteroatoms. The number of rotatable bonds is 3. The van der Waals surface area contributed by atoms with E-state index >= 15 is 0 Å². The van der Waals surface area contributed by atoms with Crippen LogP contribution in [0, 0.1) is 0 Å². The quantitative estimate of drug-likeness (QED) is 0.769. The number of carbonyl (C=O) groups excluding carboxylic acids is 1. The minimum atomic E-state index is -0.267. The van der Waals surface area contributed by atoms with Crippen molar-refractivity contribution in [3.8, 4) is 0 Å². The Hall–Kier alpha value is -1.00. The van der Waals surface area contributed by atoms with Crippen molar-refractivity contribution in [1.82, 2.24) is 5.32 Å². The van der Waals surface area contributed by atoms with Gasteiger partial charge in [0.2, 0.25) is 5.22 Å². The molecule has 0 aliphatic carbocycles. The van der Waals surface area contributed by atoms with Gasteiger partial charge in [-0.2, -0.15) is 0 Å². The monoisotopic (exact) mass is 202 g/mol. The summed E-state index contributed by atoms with van der Waals surface area (Å²) in [6, 6.07) is 1.44. The smallest absolute Gasteiger partial charge is 0.256 e. The lowest BCUT2D eigenvalue weighted by Gasteiger charge is -2.09. The Labute approximate surface area is 81.0 Å². The van der Waals surface area contributed by atoms with E-state index in [4.69, 9.17) is 21.8 Å². The number of halogens is 1. The third kappa shape index (κ3) is 2.47. The van der Waals surface area contributed by atoms with Crippen molar-refractivity contribution in [1.29, 1.82) is 0 Å². The molecule has 4 nitrogen and oxygen atoms in total. The summed E-state index contributed by atoms with van der Waals surface area (Å²) in [5.41, 5.74) is 5.68. The normalized spacial score (nSPS) is 12.5. The number of hydrogen-bond acceptors (Lipinski definition) is 3. The minimum absolute atomic E-state index is 0.0709. The molecule has 0 fully saturated rings. The van der Waals surface area contributed by atoms with E-state index in [0.717, 1.165) is 0 Å². The van der Waals surface area contributed by atoms with Gasteiger partial charge in [0.05, 0.1) is 11.8 Å². The standard InChI is InChI=1S/C8H11ClN2O2/c1-5(4-10)11-8(12)6-2-3-13-7(6)9/h2-3,5H,4,10H2,1H3,(H,11,12)/t5-/m1/s1. The van der Waals surface area contributed by atoms with Gasteiger partial charge in [-0.15, -0.1) is 0 Å². The second-order valence-electron chi connectivity index (χ2n) is 2.72. The Bertz CT molecular complexity index is 298. The topological polar surface area (TPSA) is 68.3 Å². The van der Waals surface area contributed by atoms with Crippen molar-refractivity contribution < 1.29 is 9.21 Å². The first-order valence-corrected chi connectivity index (χ1v) is 4.27. The fourth-order valence-corrected chi connectivity index (χ4v) is 1.02. The highest BCUT2D eigenvalue weighted by Crippen LogP contribution is 2.16. The molecular formula is C8H11ClN2O2. The summed E-state index contributed by atoms with van der Waals surface area (Å²) in [6.07, 6.45) is 1.37. The summed E-state index contributed by atoms with van der Waals surface area (Å²) in [7, 11) is 0. The van der Waals surface area contributed by atoms with E-state index in [1.807, 2.05) is 6.92 Å². The van der Waals surface area contributed by atoms with Gasteiger partial charge in [-0.3, -0.25) is 4.79 Å². The molecule has 0 spiro atoms. The van der Waals surface area contributed by atoms with Gasteiger partial charge >= 0.3 is 0 Å². The van der Waals surface area contributed by atoms with Crippen LogP contribution in [0.3, 0.4) is 0 Å². The zero-order chi connectivity index (χ0) is 9.84. The summed E-state index contributed by atoms with van der Waals surface area (Å²) < 4.78 is 4.77. The van der Waals surface area contributed by atoms with E-state index < -0.39 is 0 Å². The van der Waals surface area contributed by atoms with Gasteiger partial charge in [-0.25, -0.2) is 0 Å². The second kappa shape index (κ2) is 4.30. The largest absolute Gasteiger partial charge is 0.452 e. The predicted molar refractivity (Wildman–Crippen MR) is 49.7 cm³/mol. The molecule has 1 atom stereocenters. The van der Waals surface area contributed by atoms with Crippen molar-refractivity contribution in [3.63, 3.8) is 0 Å². The molecule has 13 heavy (non-hydrogen) atoms. The highest BCUT2D eigenvalue weighted by molar-refractivity contribution is 6.32. The number of carbonyl (C=O) groups is 1. The number of nitrogens with two attached hydrogens (primary N) is 1. The second-order valence-corrected chi connectivity index (χ2v) is 3.06. The maximum Gasteiger partial charge on any atom is 0.256 e. The first-order chi connectivity index (χ1) is 6.15. The van der Waals surface area contributed by atoms with Crippen LogP contribution in [0.15, 0.2) is 16.7 Å². The summed E-state index contributed by atoms with van der Waals surface area (Å²) in [5.74, 6) is -0.267. The minimum Gasteiger partial charge on any atom is -0.452 e. The molecule has 1 aromatic heterocycles. The van der Waals surface area contributed by atoms with Crippen LogP contribution in [-0.4, -0.2) is 18.5 Å². The fraction of sp³-hybridized carbons (Fsp3) is 0.375. The average molecular weight is 203 g/mol. The molecule has 0 bridgehead atoms. The third-order valence-electron chi connectivity index (χ3n) is 1.59. The van der Waals surface area contributed by atoms with E-state index in [1.165, 1.54) is 12.3 Å². The Morgan fingerprint density at radius 2 is 2.54 bits per heavy atom. The molecule has 3 N–H and O–H groups in total. The Balaban J connectivity index is 2.64. The van der Waals surface area contributed by atoms with Crippen LogP contribution in [0.5, 0.6) is 0 Å². The lowest BCUT2D eigenvalue weighted by molar-refractivity contribution is 0.0941. The Morgan fingerprint density at radius 1 is 1.85 bits per heavy atom. The summed E-state index contributed by atoms with van der Waals surface area (Å²) in [5, 5.41) is 2.76. The average Bonchev–Trinajstić information content (AvgIpc) is 2.51. The molecule has 1 rings (SSSR count). The Kier molecular flexibility index (Phi) is 3.33. The van der Waals surface area contributed by atoms with Crippen LogP contribution >= 0.6 is 11.6 Å². The molecule has 0 unspecified atom stereocenters. The maximum absolute atomic E-state index is 11.4.